The zero-order chi connectivity index (χ0) is 33.8. The average Bonchev–Trinajstić information content (AvgIpc) is 3.82. The molecule has 0 aliphatic heterocycles. The van der Waals surface area contributed by atoms with Gasteiger partial charge in [-0.25, -0.2) is 36.5 Å². The monoisotopic (exact) mass is 654 g/mol. The van der Waals surface area contributed by atoms with Crippen LogP contribution in [0.1, 0.15) is 0 Å². The summed E-state index contributed by atoms with van der Waals surface area (Å²) < 4.78 is 14.7. The maximum Gasteiger partial charge on any atom is 0.245 e. The van der Waals surface area contributed by atoms with Gasteiger partial charge in [0.05, 0.1) is 61.0 Å². The predicted molar refractivity (Wildman–Crippen MR) is 163 cm³/mol. The molecule has 4 aromatic heterocycles. The van der Waals surface area contributed by atoms with Crippen LogP contribution in [0.3, 0.4) is 0 Å². The summed E-state index contributed by atoms with van der Waals surface area (Å²) in [4.78, 5) is 55.4. The molecule has 0 atom stereocenters. The van der Waals surface area contributed by atoms with Crippen LogP contribution in [0, 0.1) is 0 Å². The third-order valence-corrected chi connectivity index (χ3v) is 7.00. The van der Waals surface area contributed by atoms with Crippen molar-refractivity contribution >= 4 is 23.6 Å². The highest BCUT2D eigenvalue weighted by Crippen LogP contribution is 1.98. The van der Waals surface area contributed by atoms with E-state index in [2.05, 4.69) is 21.3 Å². The summed E-state index contributed by atoms with van der Waals surface area (Å²) in [5, 5.41) is 11.4. The van der Waals surface area contributed by atoms with Gasteiger partial charge in [-0.1, -0.05) is 0 Å². The average molecular weight is 655 g/mol. The van der Waals surface area contributed by atoms with E-state index in [0.717, 1.165) is 0 Å². The molecule has 0 aliphatic rings. The number of imidazole rings is 4. The second-order valence-electron chi connectivity index (χ2n) is 11.5. The van der Waals surface area contributed by atoms with Crippen LogP contribution < -0.4 is 39.5 Å². The first-order chi connectivity index (χ1) is 22.5. The maximum absolute atomic E-state index is 13.0. The van der Waals surface area contributed by atoms with Gasteiger partial charge in [-0.15, -0.1) is 0 Å². The van der Waals surface area contributed by atoms with Crippen molar-refractivity contribution in [1.82, 2.24) is 49.3 Å². The maximum atomic E-state index is 13.0. The number of hydrogen-bond donors (Lipinski definition) is 4. The zero-order valence-electron chi connectivity index (χ0n) is 27.4. The number of carbonyl (C=O) groups is 4. The Kier molecular flexibility index (Phi) is 12.3. The molecule has 18 nitrogen and oxygen atoms in total. The van der Waals surface area contributed by atoms with E-state index in [1.807, 2.05) is 140 Å². The highest BCUT2D eigenvalue weighted by molar-refractivity contribution is 5.82. The SMILES string of the molecule is C[n+]1ccn(CNC(=O)CN(CC(=O)NCn2cc[n+](C)c2)CN(CC(=O)NCn2cc[n+](C)c2)CC(=O)NCn2cc[n+](C)c2)c1. The summed E-state index contributed by atoms with van der Waals surface area (Å²) in [6.07, 6.45) is 22.0. The van der Waals surface area contributed by atoms with Gasteiger partial charge in [0, 0.05) is 0 Å². The van der Waals surface area contributed by atoms with Crippen molar-refractivity contribution in [3.8, 4) is 0 Å². The Morgan fingerprint density at radius 3 is 0.894 bits per heavy atom. The Labute approximate surface area is 273 Å². The first kappa shape index (κ1) is 34.5. The van der Waals surface area contributed by atoms with E-state index < -0.39 is 0 Å². The summed E-state index contributed by atoms with van der Waals surface area (Å²) in [5.74, 6) is -1.27. The van der Waals surface area contributed by atoms with Crippen LogP contribution in [0.25, 0.3) is 0 Å². The summed E-state index contributed by atoms with van der Waals surface area (Å²) >= 11 is 0. The topological polar surface area (TPSA) is 158 Å². The quantitative estimate of drug-likeness (QED) is 0.0623. The van der Waals surface area contributed by atoms with E-state index in [1.54, 1.807) is 9.80 Å². The minimum absolute atomic E-state index is 0.00437. The molecule has 252 valence electrons. The van der Waals surface area contributed by atoms with Crippen molar-refractivity contribution in [3.63, 3.8) is 0 Å². The first-order valence-corrected chi connectivity index (χ1v) is 15.1. The number of nitrogens with one attached hydrogen (secondary N) is 4. The van der Waals surface area contributed by atoms with Crippen molar-refractivity contribution in [2.45, 2.75) is 26.7 Å². The van der Waals surface area contributed by atoms with Crippen LogP contribution in [0.4, 0.5) is 0 Å². The predicted octanol–water partition coefficient (Wildman–Crippen LogP) is -4.85. The molecule has 0 unspecified atom stereocenters. The summed E-state index contributed by atoms with van der Waals surface area (Å²) in [7, 11) is 7.52. The molecule has 0 aromatic carbocycles. The molecule has 0 fully saturated rings. The third-order valence-electron chi connectivity index (χ3n) is 7.00. The van der Waals surface area contributed by atoms with E-state index >= 15 is 0 Å². The third kappa shape index (κ3) is 12.2. The minimum atomic E-state index is -0.318. The summed E-state index contributed by atoms with van der Waals surface area (Å²) in [5.41, 5.74) is 0. The Balaban J connectivity index is 1.42. The van der Waals surface area contributed by atoms with Crippen molar-refractivity contribution in [1.29, 1.82) is 0 Å². The Bertz CT molecular complexity index is 1400. The van der Waals surface area contributed by atoms with Gasteiger partial charge >= 0.3 is 0 Å². The molecule has 0 aliphatic carbocycles. The number of hydrogen-bond acceptors (Lipinski definition) is 6. The summed E-state index contributed by atoms with van der Waals surface area (Å²) in [6, 6.07) is 0. The fraction of sp³-hybridized carbons (Fsp3) is 0.448. The van der Waals surface area contributed by atoms with Crippen LogP contribution in [-0.2, 0) is 74.0 Å². The van der Waals surface area contributed by atoms with E-state index in [4.69, 9.17) is 0 Å². The van der Waals surface area contributed by atoms with Crippen LogP contribution in [0.2, 0.25) is 0 Å². The van der Waals surface area contributed by atoms with Gasteiger partial charge in [0.15, 0.2) is 26.7 Å². The molecule has 18 heteroatoms. The van der Waals surface area contributed by atoms with Gasteiger partial charge in [0.1, 0.15) is 49.6 Å². The number of carbonyl (C=O) groups excluding carboxylic acids is 4. The normalized spacial score (nSPS) is 11.2. The molecule has 0 spiro atoms. The lowest BCUT2D eigenvalue weighted by Crippen LogP contribution is -2.51. The first-order valence-electron chi connectivity index (χ1n) is 15.1. The van der Waals surface area contributed by atoms with Gasteiger partial charge in [-0.2, -0.15) is 0 Å². The van der Waals surface area contributed by atoms with Gasteiger partial charge in [0.2, 0.25) is 48.9 Å². The Morgan fingerprint density at radius 2 is 0.702 bits per heavy atom. The molecule has 4 N–H and O–H groups in total. The summed E-state index contributed by atoms with van der Waals surface area (Å²) in [6.45, 7) is 0.408. The van der Waals surface area contributed by atoms with Crippen LogP contribution in [0.15, 0.2) is 74.9 Å². The van der Waals surface area contributed by atoms with Crippen LogP contribution in [0.5, 0.6) is 0 Å². The second kappa shape index (κ2) is 16.8. The molecular weight excluding hydrogens is 608 g/mol. The Morgan fingerprint density at radius 1 is 0.468 bits per heavy atom. The van der Waals surface area contributed by atoms with E-state index in [1.165, 1.54) is 0 Å². The second-order valence-corrected chi connectivity index (χ2v) is 11.5. The highest BCUT2D eigenvalue weighted by Gasteiger charge is 2.23. The van der Waals surface area contributed by atoms with Crippen LogP contribution >= 0.6 is 0 Å². The zero-order valence-corrected chi connectivity index (χ0v) is 27.4. The van der Waals surface area contributed by atoms with E-state index in [-0.39, 0.29) is 83.2 Å². The molecule has 4 rings (SSSR count). The fourth-order valence-electron chi connectivity index (χ4n) is 4.73. The van der Waals surface area contributed by atoms with E-state index in [0.29, 0.717) is 0 Å². The standard InChI is InChI=1S/C29H42N14O4/c1-34-5-9-38(21-34)17-30-26(44)13-42(14-27(45)31-18-39-10-6-35(2)22-39)25-43(15-28(46)32-19-40-11-7-36(3)23-40)16-29(47)33-20-41-12-8-37(4)24-41/h5-12,21-24H,13-20,25H2,1-4H3/p+4. The number of amides is 4. The number of nitrogens with zero attached hydrogens (tertiary/aromatic N) is 10. The van der Waals surface area contributed by atoms with Crippen molar-refractivity contribution < 1.29 is 37.4 Å². The molecule has 0 saturated heterocycles. The largest absolute Gasteiger partial charge is 0.319 e. The number of rotatable bonds is 18. The van der Waals surface area contributed by atoms with Gasteiger partial charge in [-0.05, 0) is 0 Å². The fourth-order valence-corrected chi connectivity index (χ4v) is 4.73. The lowest BCUT2D eigenvalue weighted by Gasteiger charge is -2.28. The molecular formula is C29H46N14O4+4. The molecule has 4 amide bonds. The smallest absolute Gasteiger partial charge is 0.245 e. The number of aryl methyl sites for hydroxylation is 4. The Hall–Kier alpha value is -5.36. The molecule has 47 heavy (non-hydrogen) atoms. The minimum Gasteiger partial charge on any atom is -0.319 e. The van der Waals surface area contributed by atoms with Gasteiger partial charge < -0.3 is 21.3 Å². The van der Waals surface area contributed by atoms with Gasteiger partial charge in [-0.3, -0.25) is 29.0 Å². The molecule has 0 radical (unpaired) electrons. The molecule has 0 saturated carbocycles. The lowest BCUT2D eigenvalue weighted by molar-refractivity contribution is -0.671. The highest BCUT2D eigenvalue weighted by atomic mass is 16.2. The van der Waals surface area contributed by atoms with Gasteiger partial charge in [0.25, 0.3) is 0 Å². The van der Waals surface area contributed by atoms with Crippen LogP contribution in [-0.4, -0.2) is 84.5 Å². The van der Waals surface area contributed by atoms with Crippen molar-refractivity contribution in [2.75, 3.05) is 32.8 Å². The molecule has 0 bridgehead atoms. The van der Waals surface area contributed by atoms with Crippen molar-refractivity contribution in [3.05, 3.63) is 74.9 Å². The molecule has 4 aromatic rings. The molecule has 4 heterocycles. The number of aromatic nitrogens is 8. The van der Waals surface area contributed by atoms with E-state index in [9.17, 15) is 19.2 Å². The van der Waals surface area contributed by atoms with Crippen molar-refractivity contribution in [2.24, 2.45) is 28.2 Å². The lowest BCUT2D eigenvalue weighted by atomic mass is 10.4.